The Morgan fingerprint density at radius 3 is 2.74 bits per heavy atom. The van der Waals surface area contributed by atoms with E-state index in [1.54, 1.807) is 11.7 Å². The Kier molecular flexibility index (Phi) is 4.18. The largest absolute Gasteiger partial charge is 0.497 e. The summed E-state index contributed by atoms with van der Waals surface area (Å²) in [6.07, 6.45) is 3.29. The van der Waals surface area contributed by atoms with E-state index in [1.807, 2.05) is 18.2 Å². The van der Waals surface area contributed by atoms with Gasteiger partial charge in [-0.2, -0.15) is 0 Å². The van der Waals surface area contributed by atoms with Crippen molar-refractivity contribution in [3.63, 3.8) is 0 Å². The summed E-state index contributed by atoms with van der Waals surface area (Å²) < 4.78 is 7.01. The van der Waals surface area contributed by atoms with E-state index in [0.717, 1.165) is 36.7 Å². The van der Waals surface area contributed by atoms with E-state index in [2.05, 4.69) is 10.3 Å². The SMILES string of the molecule is COc1ccc2ncc(=O)n([C@H]3CC[C@H](NC(=O)O)CC3)c2c1. The number of amides is 1. The Balaban J connectivity index is 1.92. The first kappa shape index (κ1) is 15.3. The number of benzene rings is 1. The second kappa shape index (κ2) is 6.28. The van der Waals surface area contributed by atoms with Crippen LogP contribution in [0.5, 0.6) is 5.75 Å². The Morgan fingerprint density at radius 1 is 1.35 bits per heavy atom. The molecule has 1 aliphatic rings. The summed E-state index contributed by atoms with van der Waals surface area (Å²) in [7, 11) is 1.59. The Morgan fingerprint density at radius 2 is 2.09 bits per heavy atom. The second-order valence-corrected chi connectivity index (χ2v) is 5.78. The fourth-order valence-electron chi connectivity index (χ4n) is 3.27. The van der Waals surface area contributed by atoms with Gasteiger partial charge in [-0.15, -0.1) is 0 Å². The van der Waals surface area contributed by atoms with Crippen LogP contribution in [0.3, 0.4) is 0 Å². The lowest BCUT2D eigenvalue weighted by Gasteiger charge is -2.30. The molecule has 1 aliphatic carbocycles. The zero-order chi connectivity index (χ0) is 16.4. The number of rotatable bonds is 3. The van der Waals surface area contributed by atoms with Gasteiger partial charge < -0.3 is 19.7 Å². The van der Waals surface area contributed by atoms with E-state index < -0.39 is 6.09 Å². The van der Waals surface area contributed by atoms with Crippen molar-refractivity contribution in [2.45, 2.75) is 37.8 Å². The van der Waals surface area contributed by atoms with Gasteiger partial charge in [-0.05, 0) is 37.8 Å². The first-order valence-electron chi connectivity index (χ1n) is 7.63. The van der Waals surface area contributed by atoms with Crippen LogP contribution in [0.4, 0.5) is 4.79 Å². The zero-order valence-corrected chi connectivity index (χ0v) is 12.9. The maximum atomic E-state index is 12.3. The van der Waals surface area contributed by atoms with Gasteiger partial charge in [-0.1, -0.05) is 0 Å². The first-order chi connectivity index (χ1) is 11.1. The molecule has 2 N–H and O–H groups in total. The van der Waals surface area contributed by atoms with Crippen LogP contribution in [0.15, 0.2) is 29.2 Å². The fraction of sp³-hybridized carbons (Fsp3) is 0.438. The zero-order valence-electron chi connectivity index (χ0n) is 12.9. The molecule has 7 heteroatoms. The monoisotopic (exact) mass is 317 g/mol. The number of fused-ring (bicyclic) bond motifs is 1. The topological polar surface area (TPSA) is 93.5 Å². The molecule has 0 atom stereocenters. The maximum absolute atomic E-state index is 12.3. The first-order valence-corrected chi connectivity index (χ1v) is 7.63. The van der Waals surface area contributed by atoms with Gasteiger partial charge in [-0.3, -0.25) is 4.79 Å². The average Bonchev–Trinajstić information content (AvgIpc) is 2.55. The molecule has 3 rings (SSSR count). The predicted molar refractivity (Wildman–Crippen MR) is 85.0 cm³/mol. The van der Waals surface area contributed by atoms with Crippen molar-refractivity contribution in [1.29, 1.82) is 0 Å². The molecule has 0 radical (unpaired) electrons. The molecule has 1 aromatic carbocycles. The van der Waals surface area contributed by atoms with Crippen LogP contribution < -0.4 is 15.6 Å². The van der Waals surface area contributed by atoms with E-state index in [4.69, 9.17) is 9.84 Å². The molecule has 0 aliphatic heterocycles. The summed E-state index contributed by atoms with van der Waals surface area (Å²) in [6, 6.07) is 5.49. The van der Waals surface area contributed by atoms with Crippen LogP contribution in [0, 0.1) is 0 Å². The molecule has 1 aromatic heterocycles. The Bertz CT molecular complexity index is 778. The number of ether oxygens (including phenoxy) is 1. The summed E-state index contributed by atoms with van der Waals surface area (Å²) in [4.78, 5) is 27.3. The number of nitrogens with zero attached hydrogens (tertiary/aromatic N) is 2. The minimum Gasteiger partial charge on any atom is -0.497 e. The predicted octanol–water partition coefficient (Wildman–Crippen LogP) is 2.16. The highest BCUT2D eigenvalue weighted by Gasteiger charge is 2.25. The summed E-state index contributed by atoms with van der Waals surface area (Å²) >= 11 is 0. The maximum Gasteiger partial charge on any atom is 0.404 e. The number of nitrogens with one attached hydrogen (secondary N) is 1. The molecular weight excluding hydrogens is 298 g/mol. The number of hydrogen-bond donors (Lipinski definition) is 2. The van der Waals surface area contributed by atoms with Gasteiger partial charge in [0.25, 0.3) is 5.56 Å². The third-order valence-corrected chi connectivity index (χ3v) is 4.38. The van der Waals surface area contributed by atoms with Crippen molar-refractivity contribution >= 4 is 17.1 Å². The minimum absolute atomic E-state index is 0.0397. The molecule has 0 unspecified atom stereocenters. The lowest BCUT2D eigenvalue weighted by Crippen LogP contribution is -2.38. The second-order valence-electron chi connectivity index (χ2n) is 5.78. The molecule has 122 valence electrons. The molecule has 1 amide bonds. The molecular formula is C16H19N3O4. The van der Waals surface area contributed by atoms with Crippen LogP contribution in [0.2, 0.25) is 0 Å². The van der Waals surface area contributed by atoms with Crippen LogP contribution >= 0.6 is 0 Å². The van der Waals surface area contributed by atoms with Gasteiger partial charge in [0.15, 0.2) is 0 Å². The highest BCUT2D eigenvalue weighted by Crippen LogP contribution is 2.30. The number of methoxy groups -OCH3 is 1. The Labute approximate surface area is 132 Å². The van der Waals surface area contributed by atoms with Crippen molar-refractivity contribution in [2.75, 3.05) is 7.11 Å². The molecule has 0 saturated heterocycles. The number of hydrogen-bond acceptors (Lipinski definition) is 4. The minimum atomic E-state index is -0.996. The standard InChI is InChI=1S/C16H19N3O4/c1-23-12-6-7-13-14(8-12)19(15(20)9-17-13)11-4-2-10(3-5-11)18-16(21)22/h6-11,18H,2-5H2,1H3,(H,21,22)/t10-,11-. The van der Waals surface area contributed by atoms with Gasteiger partial charge in [0.1, 0.15) is 5.75 Å². The molecule has 23 heavy (non-hydrogen) atoms. The molecule has 0 spiro atoms. The molecule has 0 bridgehead atoms. The van der Waals surface area contributed by atoms with E-state index in [1.165, 1.54) is 6.20 Å². The van der Waals surface area contributed by atoms with Crippen LogP contribution in [-0.4, -0.2) is 33.9 Å². The van der Waals surface area contributed by atoms with Crippen molar-refractivity contribution in [3.8, 4) is 5.75 Å². The van der Waals surface area contributed by atoms with Gasteiger partial charge >= 0.3 is 6.09 Å². The van der Waals surface area contributed by atoms with Gasteiger partial charge in [-0.25, -0.2) is 9.78 Å². The Hall–Kier alpha value is -2.57. The van der Waals surface area contributed by atoms with Crippen molar-refractivity contribution in [3.05, 3.63) is 34.7 Å². The van der Waals surface area contributed by atoms with Crippen LogP contribution in [-0.2, 0) is 0 Å². The van der Waals surface area contributed by atoms with E-state index >= 15 is 0 Å². The van der Waals surface area contributed by atoms with Gasteiger partial charge in [0, 0.05) is 18.2 Å². The van der Waals surface area contributed by atoms with Gasteiger partial charge in [0.05, 0.1) is 24.3 Å². The summed E-state index contributed by atoms with van der Waals surface area (Å²) in [5.74, 6) is 0.680. The third-order valence-electron chi connectivity index (χ3n) is 4.38. The molecule has 7 nitrogen and oxygen atoms in total. The lowest BCUT2D eigenvalue weighted by molar-refractivity contribution is 0.182. The molecule has 2 aromatic rings. The van der Waals surface area contributed by atoms with E-state index in [9.17, 15) is 9.59 Å². The van der Waals surface area contributed by atoms with Crippen LogP contribution in [0.25, 0.3) is 11.0 Å². The summed E-state index contributed by atoms with van der Waals surface area (Å²) in [5, 5.41) is 11.3. The van der Waals surface area contributed by atoms with Gasteiger partial charge in [0.2, 0.25) is 0 Å². The van der Waals surface area contributed by atoms with E-state index in [-0.39, 0.29) is 17.6 Å². The highest BCUT2D eigenvalue weighted by molar-refractivity contribution is 5.76. The normalized spacial score (nSPS) is 21.1. The molecule has 1 saturated carbocycles. The van der Waals surface area contributed by atoms with E-state index in [0.29, 0.717) is 5.75 Å². The fourth-order valence-corrected chi connectivity index (χ4v) is 3.27. The number of carbonyl (C=O) groups is 1. The highest BCUT2D eigenvalue weighted by atomic mass is 16.5. The lowest BCUT2D eigenvalue weighted by atomic mass is 9.91. The average molecular weight is 317 g/mol. The van der Waals surface area contributed by atoms with Crippen LogP contribution in [0.1, 0.15) is 31.7 Å². The third kappa shape index (κ3) is 3.13. The number of aromatic nitrogens is 2. The molecule has 1 heterocycles. The quantitative estimate of drug-likeness (QED) is 0.905. The van der Waals surface area contributed by atoms with Crippen molar-refractivity contribution < 1.29 is 14.6 Å². The summed E-state index contributed by atoms with van der Waals surface area (Å²) in [5.41, 5.74) is 1.36. The smallest absolute Gasteiger partial charge is 0.404 e. The summed E-state index contributed by atoms with van der Waals surface area (Å²) in [6.45, 7) is 0. The van der Waals surface area contributed by atoms with Crippen molar-refractivity contribution in [1.82, 2.24) is 14.9 Å². The molecule has 1 fully saturated rings. The van der Waals surface area contributed by atoms with Crippen molar-refractivity contribution in [2.24, 2.45) is 0 Å². The number of carboxylic acid groups (broad SMARTS) is 1.